The summed E-state index contributed by atoms with van der Waals surface area (Å²) in [4.78, 5) is 0. The van der Waals surface area contributed by atoms with Gasteiger partial charge in [0.05, 0.1) is 7.11 Å². The van der Waals surface area contributed by atoms with Crippen molar-refractivity contribution < 1.29 is 4.74 Å². The molecule has 0 radical (unpaired) electrons. The second-order valence-electron chi connectivity index (χ2n) is 3.05. The number of aryl methyl sites for hydroxylation is 1. The van der Waals surface area contributed by atoms with Crippen molar-refractivity contribution in [2.45, 2.75) is 6.92 Å². The molecule has 1 aromatic heterocycles. The lowest BCUT2D eigenvalue weighted by molar-refractivity contribution is 0.414. The van der Waals surface area contributed by atoms with Crippen LogP contribution in [0.4, 0.5) is 0 Å². The van der Waals surface area contributed by atoms with Crippen LogP contribution in [-0.2, 0) is 0 Å². The molecule has 1 heterocycles. The summed E-state index contributed by atoms with van der Waals surface area (Å²) in [5.74, 6) is 0.663. The maximum atomic E-state index is 9.03. The Hall–Kier alpha value is -1.53. The highest BCUT2D eigenvalue weighted by Gasteiger charge is 2.10. The number of hydrogen-bond donors (Lipinski definition) is 0. The fourth-order valence-electron chi connectivity index (χ4n) is 1.55. The van der Waals surface area contributed by atoms with E-state index in [1.54, 1.807) is 18.4 Å². The SMILES string of the molecule is COc1cc(C)c2sccc2c1C#N. The van der Waals surface area contributed by atoms with E-state index in [2.05, 4.69) is 6.07 Å². The zero-order chi connectivity index (χ0) is 10.1. The molecule has 0 bridgehead atoms. The van der Waals surface area contributed by atoms with E-state index in [9.17, 15) is 0 Å². The molecule has 0 fully saturated rings. The van der Waals surface area contributed by atoms with Gasteiger partial charge in [-0.3, -0.25) is 0 Å². The van der Waals surface area contributed by atoms with Gasteiger partial charge in [-0.2, -0.15) is 5.26 Å². The Labute approximate surface area is 86.4 Å². The molecule has 2 aromatic rings. The number of hydrogen-bond acceptors (Lipinski definition) is 3. The third-order valence-electron chi connectivity index (χ3n) is 2.22. The zero-order valence-electron chi connectivity index (χ0n) is 8.00. The van der Waals surface area contributed by atoms with Gasteiger partial charge in [0.15, 0.2) is 0 Å². The van der Waals surface area contributed by atoms with E-state index < -0.39 is 0 Å². The highest BCUT2D eigenvalue weighted by atomic mass is 32.1. The number of nitrogens with zero attached hydrogens (tertiary/aromatic N) is 1. The van der Waals surface area contributed by atoms with Crippen molar-refractivity contribution in [3.05, 3.63) is 28.6 Å². The number of fused-ring (bicyclic) bond motifs is 1. The first-order chi connectivity index (χ1) is 6.77. The maximum Gasteiger partial charge on any atom is 0.137 e. The average molecular weight is 203 g/mol. The van der Waals surface area contributed by atoms with Crippen LogP contribution in [0.15, 0.2) is 17.5 Å². The molecule has 0 atom stereocenters. The van der Waals surface area contributed by atoms with Gasteiger partial charge in [-0.25, -0.2) is 0 Å². The predicted molar refractivity (Wildman–Crippen MR) is 57.8 cm³/mol. The fraction of sp³-hybridized carbons (Fsp3) is 0.182. The number of ether oxygens (including phenoxy) is 1. The van der Waals surface area contributed by atoms with Crippen LogP contribution in [0.2, 0.25) is 0 Å². The number of benzene rings is 1. The van der Waals surface area contributed by atoms with E-state index in [0.29, 0.717) is 11.3 Å². The second kappa shape index (κ2) is 3.32. The van der Waals surface area contributed by atoms with Gasteiger partial charge in [-0.15, -0.1) is 11.3 Å². The Morgan fingerprint density at radius 3 is 2.93 bits per heavy atom. The highest BCUT2D eigenvalue weighted by molar-refractivity contribution is 7.17. The summed E-state index contributed by atoms with van der Waals surface area (Å²) in [6, 6.07) is 6.06. The molecular weight excluding hydrogens is 194 g/mol. The van der Waals surface area contributed by atoms with Crippen LogP contribution in [-0.4, -0.2) is 7.11 Å². The van der Waals surface area contributed by atoms with E-state index in [1.165, 1.54) is 4.70 Å². The minimum atomic E-state index is 0.634. The lowest BCUT2D eigenvalue weighted by Crippen LogP contribution is -1.89. The van der Waals surface area contributed by atoms with Gasteiger partial charge in [-0.05, 0) is 30.0 Å². The topological polar surface area (TPSA) is 33.0 Å². The van der Waals surface area contributed by atoms with Crippen LogP contribution in [0.25, 0.3) is 10.1 Å². The molecular formula is C11H9NOS. The molecule has 3 heteroatoms. The van der Waals surface area contributed by atoms with Gasteiger partial charge in [0, 0.05) is 10.1 Å². The molecule has 14 heavy (non-hydrogen) atoms. The van der Waals surface area contributed by atoms with Crippen LogP contribution in [0, 0.1) is 18.3 Å². The zero-order valence-corrected chi connectivity index (χ0v) is 8.81. The molecule has 0 aliphatic carbocycles. The van der Waals surface area contributed by atoms with Crippen molar-refractivity contribution in [3.63, 3.8) is 0 Å². The summed E-state index contributed by atoms with van der Waals surface area (Å²) < 4.78 is 6.35. The monoisotopic (exact) mass is 203 g/mol. The predicted octanol–water partition coefficient (Wildman–Crippen LogP) is 3.09. The van der Waals surface area contributed by atoms with E-state index in [0.717, 1.165) is 10.9 Å². The molecule has 0 saturated heterocycles. The Morgan fingerprint density at radius 1 is 1.50 bits per heavy atom. The lowest BCUT2D eigenvalue weighted by Gasteiger charge is -2.05. The summed E-state index contributed by atoms with van der Waals surface area (Å²) in [6.45, 7) is 2.03. The summed E-state index contributed by atoms with van der Waals surface area (Å²) >= 11 is 1.66. The van der Waals surface area contributed by atoms with E-state index in [-0.39, 0.29) is 0 Å². The number of thiophene rings is 1. The highest BCUT2D eigenvalue weighted by Crippen LogP contribution is 2.33. The quantitative estimate of drug-likeness (QED) is 0.713. The molecule has 2 nitrogen and oxygen atoms in total. The van der Waals surface area contributed by atoms with Gasteiger partial charge in [-0.1, -0.05) is 0 Å². The summed E-state index contributed by atoms with van der Waals surface area (Å²) in [7, 11) is 1.59. The fourth-order valence-corrected chi connectivity index (χ4v) is 2.44. The van der Waals surface area contributed by atoms with Gasteiger partial charge in [0.2, 0.25) is 0 Å². The van der Waals surface area contributed by atoms with Crippen LogP contribution < -0.4 is 4.74 Å². The van der Waals surface area contributed by atoms with Gasteiger partial charge in [0.25, 0.3) is 0 Å². The van der Waals surface area contributed by atoms with E-state index in [4.69, 9.17) is 10.00 Å². The van der Waals surface area contributed by atoms with Crippen molar-refractivity contribution in [3.8, 4) is 11.8 Å². The minimum absolute atomic E-state index is 0.634. The third-order valence-corrected chi connectivity index (χ3v) is 3.27. The molecule has 0 saturated carbocycles. The molecule has 2 rings (SSSR count). The number of methoxy groups -OCH3 is 1. The first-order valence-corrected chi connectivity index (χ1v) is 5.10. The number of nitriles is 1. The first kappa shape index (κ1) is 9.04. The molecule has 0 aliphatic rings. The number of rotatable bonds is 1. The van der Waals surface area contributed by atoms with Crippen LogP contribution >= 0.6 is 11.3 Å². The third kappa shape index (κ3) is 1.16. The lowest BCUT2D eigenvalue weighted by atomic mass is 10.1. The Kier molecular flexibility index (Phi) is 2.14. The molecule has 0 aliphatic heterocycles. The van der Waals surface area contributed by atoms with Crippen LogP contribution in [0.3, 0.4) is 0 Å². The van der Waals surface area contributed by atoms with Crippen molar-refractivity contribution in [1.82, 2.24) is 0 Å². The van der Waals surface area contributed by atoms with Gasteiger partial charge in [0.1, 0.15) is 17.4 Å². The van der Waals surface area contributed by atoms with Crippen molar-refractivity contribution in [1.29, 1.82) is 5.26 Å². The minimum Gasteiger partial charge on any atom is -0.495 e. The van der Waals surface area contributed by atoms with Crippen molar-refractivity contribution in [2.24, 2.45) is 0 Å². The molecule has 1 aromatic carbocycles. The Balaban J connectivity index is 2.91. The van der Waals surface area contributed by atoms with Crippen molar-refractivity contribution >= 4 is 21.4 Å². The second-order valence-corrected chi connectivity index (χ2v) is 3.96. The molecule has 0 spiro atoms. The first-order valence-electron chi connectivity index (χ1n) is 4.23. The van der Waals surface area contributed by atoms with Gasteiger partial charge < -0.3 is 4.74 Å². The van der Waals surface area contributed by atoms with Crippen LogP contribution in [0.1, 0.15) is 11.1 Å². The van der Waals surface area contributed by atoms with Crippen molar-refractivity contribution in [2.75, 3.05) is 7.11 Å². The molecule has 0 unspecified atom stereocenters. The molecule has 0 amide bonds. The molecule has 0 N–H and O–H groups in total. The Morgan fingerprint density at radius 2 is 2.29 bits per heavy atom. The smallest absolute Gasteiger partial charge is 0.137 e. The Bertz CT molecular complexity index is 522. The summed E-state index contributed by atoms with van der Waals surface area (Å²) in [5.41, 5.74) is 1.79. The van der Waals surface area contributed by atoms with Gasteiger partial charge >= 0.3 is 0 Å². The van der Waals surface area contributed by atoms with E-state index >= 15 is 0 Å². The molecule has 70 valence electrons. The van der Waals surface area contributed by atoms with Crippen LogP contribution in [0.5, 0.6) is 5.75 Å². The normalized spacial score (nSPS) is 10.1. The standard InChI is InChI=1S/C11H9NOS/c1-7-5-10(13-2)9(6-12)8-3-4-14-11(7)8/h3-5H,1-2H3. The summed E-state index contributed by atoms with van der Waals surface area (Å²) in [6.07, 6.45) is 0. The van der Waals surface area contributed by atoms with E-state index in [1.807, 2.05) is 24.4 Å². The summed E-state index contributed by atoms with van der Waals surface area (Å²) in [5, 5.41) is 12.0. The largest absolute Gasteiger partial charge is 0.495 e. The average Bonchev–Trinajstić information content (AvgIpc) is 2.66. The maximum absolute atomic E-state index is 9.03.